The van der Waals surface area contributed by atoms with Crippen molar-refractivity contribution in [1.82, 2.24) is 5.32 Å². The first-order chi connectivity index (χ1) is 8.36. The van der Waals surface area contributed by atoms with Gasteiger partial charge in [-0.15, -0.1) is 0 Å². The van der Waals surface area contributed by atoms with E-state index in [2.05, 4.69) is 5.32 Å². The van der Waals surface area contributed by atoms with Crippen molar-refractivity contribution in [2.24, 2.45) is 17.3 Å². The largest absolute Gasteiger partial charge is 0.481 e. The van der Waals surface area contributed by atoms with Gasteiger partial charge in [-0.05, 0) is 38.5 Å². The van der Waals surface area contributed by atoms with Gasteiger partial charge in [0.15, 0.2) is 0 Å². The second-order valence-corrected chi connectivity index (χ2v) is 5.80. The number of rotatable bonds is 6. The van der Waals surface area contributed by atoms with E-state index in [1.165, 1.54) is 0 Å². The van der Waals surface area contributed by atoms with Crippen molar-refractivity contribution in [2.45, 2.75) is 39.5 Å². The molecule has 1 aliphatic rings. The maximum atomic E-state index is 11.7. The summed E-state index contributed by atoms with van der Waals surface area (Å²) in [5.74, 6) is -0.595. The maximum Gasteiger partial charge on any atom is 0.309 e. The van der Waals surface area contributed by atoms with Crippen molar-refractivity contribution >= 4 is 11.9 Å². The Hall–Kier alpha value is -1.10. The van der Waals surface area contributed by atoms with Crippen molar-refractivity contribution in [2.75, 3.05) is 13.2 Å². The maximum absolute atomic E-state index is 11.7. The molecule has 3 N–H and O–H groups in total. The lowest BCUT2D eigenvalue weighted by Gasteiger charge is -2.21. The second-order valence-electron chi connectivity index (χ2n) is 5.80. The first kappa shape index (κ1) is 15.0. The molecule has 1 aliphatic carbocycles. The highest BCUT2D eigenvalue weighted by atomic mass is 16.4. The first-order valence-corrected chi connectivity index (χ1v) is 6.48. The molecule has 2 unspecified atom stereocenters. The third-order valence-corrected chi connectivity index (χ3v) is 3.79. The van der Waals surface area contributed by atoms with E-state index < -0.39 is 11.4 Å². The summed E-state index contributed by atoms with van der Waals surface area (Å²) < 4.78 is 0. The number of aliphatic hydroxyl groups excluding tert-OH is 1. The van der Waals surface area contributed by atoms with Crippen LogP contribution in [0, 0.1) is 17.3 Å². The number of carboxylic acids is 1. The van der Waals surface area contributed by atoms with Crippen LogP contribution in [-0.2, 0) is 9.59 Å². The van der Waals surface area contributed by atoms with Gasteiger partial charge in [0.25, 0.3) is 0 Å². The molecule has 0 saturated heterocycles. The number of carboxylic acid groups (broad SMARTS) is 1. The van der Waals surface area contributed by atoms with Crippen molar-refractivity contribution in [3.8, 4) is 0 Å². The fourth-order valence-corrected chi connectivity index (χ4v) is 2.41. The molecule has 0 radical (unpaired) electrons. The molecule has 1 amide bonds. The van der Waals surface area contributed by atoms with Crippen LogP contribution in [0.3, 0.4) is 0 Å². The van der Waals surface area contributed by atoms with Gasteiger partial charge in [0.05, 0.1) is 5.41 Å². The Labute approximate surface area is 108 Å². The van der Waals surface area contributed by atoms with Crippen LogP contribution in [0.2, 0.25) is 0 Å². The third kappa shape index (κ3) is 3.98. The van der Waals surface area contributed by atoms with Crippen molar-refractivity contribution < 1.29 is 19.8 Å². The van der Waals surface area contributed by atoms with E-state index in [0.717, 1.165) is 19.3 Å². The van der Waals surface area contributed by atoms with Gasteiger partial charge in [-0.1, -0.05) is 6.42 Å². The van der Waals surface area contributed by atoms with Crippen LogP contribution in [0.4, 0.5) is 0 Å². The molecule has 1 saturated carbocycles. The Morgan fingerprint density at radius 2 is 1.89 bits per heavy atom. The van der Waals surface area contributed by atoms with E-state index >= 15 is 0 Å². The van der Waals surface area contributed by atoms with Crippen LogP contribution in [0.5, 0.6) is 0 Å². The van der Waals surface area contributed by atoms with Gasteiger partial charge < -0.3 is 15.5 Å². The first-order valence-electron chi connectivity index (χ1n) is 6.48. The standard InChI is InChI=1S/C13H23NO4/c1-13(2,12(17)18)6-11(16)14-7-9-4-3-5-10(9)8-15/h9-10,15H,3-8H2,1-2H3,(H,14,16)(H,17,18). The van der Waals surface area contributed by atoms with Gasteiger partial charge >= 0.3 is 5.97 Å². The Balaban J connectivity index is 2.35. The number of hydrogen-bond acceptors (Lipinski definition) is 3. The minimum Gasteiger partial charge on any atom is -0.481 e. The van der Waals surface area contributed by atoms with Gasteiger partial charge in [-0.25, -0.2) is 0 Å². The number of carbonyl (C=O) groups excluding carboxylic acids is 1. The molecule has 5 nitrogen and oxygen atoms in total. The van der Waals surface area contributed by atoms with Gasteiger partial charge in [-0.2, -0.15) is 0 Å². The SMILES string of the molecule is CC(C)(CC(=O)NCC1CCCC1CO)C(=O)O. The third-order valence-electron chi connectivity index (χ3n) is 3.79. The molecule has 2 atom stereocenters. The van der Waals surface area contributed by atoms with E-state index in [4.69, 9.17) is 5.11 Å². The summed E-state index contributed by atoms with van der Waals surface area (Å²) in [6.07, 6.45) is 3.11. The van der Waals surface area contributed by atoms with Crippen LogP contribution < -0.4 is 5.32 Å². The minimum atomic E-state index is -1.03. The summed E-state index contributed by atoms with van der Waals surface area (Å²) >= 11 is 0. The summed E-state index contributed by atoms with van der Waals surface area (Å²) in [6, 6.07) is 0. The number of hydrogen-bond donors (Lipinski definition) is 3. The monoisotopic (exact) mass is 257 g/mol. The molecular formula is C13H23NO4. The van der Waals surface area contributed by atoms with Crippen LogP contribution in [0.1, 0.15) is 39.5 Å². The fraction of sp³-hybridized carbons (Fsp3) is 0.846. The number of amides is 1. The molecule has 18 heavy (non-hydrogen) atoms. The van der Waals surface area contributed by atoms with Crippen molar-refractivity contribution in [1.29, 1.82) is 0 Å². The van der Waals surface area contributed by atoms with Crippen LogP contribution in [0.25, 0.3) is 0 Å². The van der Waals surface area contributed by atoms with Gasteiger partial charge in [0, 0.05) is 19.6 Å². The Bertz CT molecular complexity index is 314. The number of carbonyl (C=O) groups is 2. The molecule has 0 spiro atoms. The van der Waals surface area contributed by atoms with Gasteiger partial charge in [0.1, 0.15) is 0 Å². The quantitative estimate of drug-likeness (QED) is 0.663. The molecule has 5 heteroatoms. The average molecular weight is 257 g/mol. The molecule has 0 heterocycles. The van der Waals surface area contributed by atoms with E-state index in [9.17, 15) is 14.7 Å². The Morgan fingerprint density at radius 3 is 2.44 bits per heavy atom. The summed E-state index contributed by atoms with van der Waals surface area (Å²) in [5, 5.41) is 20.9. The van der Waals surface area contributed by atoms with Crippen LogP contribution >= 0.6 is 0 Å². The highest BCUT2D eigenvalue weighted by Gasteiger charge is 2.31. The number of aliphatic hydroxyl groups is 1. The lowest BCUT2D eigenvalue weighted by molar-refractivity contribution is -0.149. The predicted molar refractivity (Wildman–Crippen MR) is 67.0 cm³/mol. The summed E-state index contributed by atoms with van der Waals surface area (Å²) in [6.45, 7) is 3.79. The highest BCUT2D eigenvalue weighted by Crippen LogP contribution is 2.30. The Kier molecular flexibility index (Phi) is 5.14. The average Bonchev–Trinajstić information content (AvgIpc) is 2.72. The predicted octanol–water partition coefficient (Wildman–Crippen LogP) is 1.01. The summed E-state index contributed by atoms with van der Waals surface area (Å²) in [5.41, 5.74) is -1.03. The van der Waals surface area contributed by atoms with Gasteiger partial charge in [0.2, 0.25) is 5.91 Å². The smallest absolute Gasteiger partial charge is 0.309 e. The van der Waals surface area contributed by atoms with Crippen LogP contribution in [-0.4, -0.2) is 35.2 Å². The van der Waals surface area contributed by atoms with Gasteiger partial charge in [-0.3, -0.25) is 9.59 Å². The normalized spacial score (nSPS) is 23.9. The molecule has 1 fully saturated rings. The molecule has 0 aliphatic heterocycles. The zero-order valence-electron chi connectivity index (χ0n) is 11.1. The zero-order valence-corrected chi connectivity index (χ0v) is 11.1. The van der Waals surface area contributed by atoms with E-state index in [1.807, 2.05) is 0 Å². The summed E-state index contributed by atoms with van der Waals surface area (Å²) in [4.78, 5) is 22.6. The van der Waals surface area contributed by atoms with Crippen molar-refractivity contribution in [3.05, 3.63) is 0 Å². The highest BCUT2D eigenvalue weighted by molar-refractivity contribution is 5.84. The van der Waals surface area contributed by atoms with Crippen molar-refractivity contribution in [3.63, 3.8) is 0 Å². The number of nitrogens with one attached hydrogen (secondary N) is 1. The van der Waals surface area contributed by atoms with E-state index in [1.54, 1.807) is 13.8 Å². The Morgan fingerprint density at radius 1 is 1.28 bits per heavy atom. The molecule has 1 rings (SSSR count). The fourth-order valence-electron chi connectivity index (χ4n) is 2.41. The molecule has 104 valence electrons. The molecular weight excluding hydrogens is 234 g/mol. The van der Waals surface area contributed by atoms with Crippen LogP contribution in [0.15, 0.2) is 0 Å². The summed E-state index contributed by atoms with van der Waals surface area (Å²) in [7, 11) is 0. The molecule has 0 aromatic heterocycles. The zero-order chi connectivity index (χ0) is 13.8. The molecule has 0 aromatic rings. The molecule has 0 aromatic carbocycles. The minimum absolute atomic E-state index is 0.0150. The van der Waals surface area contributed by atoms with E-state index in [-0.39, 0.29) is 24.9 Å². The lowest BCUT2D eigenvalue weighted by Crippen LogP contribution is -2.36. The van der Waals surface area contributed by atoms with E-state index in [0.29, 0.717) is 12.5 Å². The second kappa shape index (κ2) is 6.18. The topological polar surface area (TPSA) is 86.6 Å². The lowest BCUT2D eigenvalue weighted by atomic mass is 9.89. The number of aliphatic carboxylic acids is 1. The molecule has 0 bridgehead atoms.